The van der Waals surface area contributed by atoms with Crippen molar-refractivity contribution >= 4 is 33.4 Å². The minimum Gasteiger partial charge on any atom is -0.306 e. The Bertz CT molecular complexity index is 4000. The molecule has 14 rings (SSSR count). The fourth-order valence-corrected chi connectivity index (χ4v) is 12.7. The van der Waals surface area contributed by atoms with Gasteiger partial charge in [-0.2, -0.15) is 5.10 Å². The van der Waals surface area contributed by atoms with Gasteiger partial charge in [0, 0.05) is 44.0 Å². The van der Waals surface area contributed by atoms with Crippen LogP contribution in [0.3, 0.4) is 0 Å². The molecule has 0 radical (unpaired) electrons. The third kappa shape index (κ3) is 5.95. The minimum atomic E-state index is -0.602. The van der Waals surface area contributed by atoms with Crippen LogP contribution in [0.25, 0.3) is 72.2 Å². The van der Waals surface area contributed by atoms with Crippen LogP contribution in [0.1, 0.15) is 47.2 Å². The topological polar surface area (TPSA) is 20.5 Å². The van der Waals surface area contributed by atoms with Crippen LogP contribution >= 0.6 is 0 Å². The summed E-state index contributed by atoms with van der Waals surface area (Å²) in [5.74, 6) is 0. The van der Waals surface area contributed by atoms with Gasteiger partial charge in [-0.25, -0.2) is 4.52 Å². The molecule has 0 fully saturated rings. The molecule has 0 aliphatic heterocycles. The van der Waals surface area contributed by atoms with Gasteiger partial charge in [0.15, 0.2) is 0 Å². The highest BCUT2D eigenvalue weighted by molar-refractivity contribution is 6.17. The van der Waals surface area contributed by atoms with Gasteiger partial charge in [0.05, 0.1) is 33.7 Å². The van der Waals surface area contributed by atoms with Crippen molar-refractivity contribution in [2.75, 3.05) is 4.90 Å². The van der Waals surface area contributed by atoms with E-state index in [2.05, 4.69) is 284 Å². The molecule has 2 aromatic heterocycles. The molecule has 0 saturated heterocycles. The minimum absolute atomic E-state index is 0.236. The highest BCUT2D eigenvalue weighted by Gasteiger charge is 2.48. The Kier molecular flexibility index (Phi) is 9.46. The molecule has 2 aliphatic carbocycles. The van der Waals surface area contributed by atoms with Crippen molar-refractivity contribution in [1.82, 2.24) is 9.61 Å². The SMILES string of the molecule is CC1(C)c2ccccc2-c2c(N(c3cccc4c3-c3ccccc3C4(c3ccccc3)c3ccccc3)c3c(-c4ccccc4)n4nc(-c5ccccc5)c(-c5ccccc5)c4c4ccccc34)cccc21. The summed E-state index contributed by atoms with van der Waals surface area (Å²) in [6.45, 7) is 4.76. The van der Waals surface area contributed by atoms with Gasteiger partial charge in [-0.1, -0.05) is 263 Å². The first-order valence-electron chi connectivity index (χ1n) is 25.1. The van der Waals surface area contributed by atoms with Crippen LogP contribution < -0.4 is 4.90 Å². The molecule has 2 heterocycles. The van der Waals surface area contributed by atoms with Crippen molar-refractivity contribution in [2.45, 2.75) is 24.7 Å². The van der Waals surface area contributed by atoms with Gasteiger partial charge < -0.3 is 4.90 Å². The van der Waals surface area contributed by atoms with Crippen LogP contribution in [0, 0.1) is 0 Å². The van der Waals surface area contributed by atoms with E-state index in [0.717, 1.165) is 67.0 Å². The van der Waals surface area contributed by atoms with Crippen molar-refractivity contribution in [3.8, 4) is 55.9 Å². The van der Waals surface area contributed by atoms with Gasteiger partial charge in [-0.3, -0.25) is 0 Å². The molecule has 0 amide bonds. The first-order chi connectivity index (χ1) is 35.5. The van der Waals surface area contributed by atoms with Crippen LogP contribution in [-0.4, -0.2) is 9.61 Å². The Morgan fingerprint density at radius 2 is 0.806 bits per heavy atom. The predicted molar refractivity (Wildman–Crippen MR) is 299 cm³/mol. The fraction of sp³-hybridized carbons (Fsp3) is 0.0580. The maximum atomic E-state index is 5.85. The van der Waals surface area contributed by atoms with Crippen LogP contribution in [0.4, 0.5) is 17.1 Å². The number of pyridine rings is 1. The highest BCUT2D eigenvalue weighted by Crippen LogP contribution is 2.62. The molecule has 10 aromatic carbocycles. The summed E-state index contributed by atoms with van der Waals surface area (Å²) in [7, 11) is 0. The zero-order valence-electron chi connectivity index (χ0n) is 40.2. The summed E-state index contributed by atoms with van der Waals surface area (Å²) >= 11 is 0. The number of rotatable bonds is 8. The Morgan fingerprint density at radius 3 is 1.42 bits per heavy atom. The highest BCUT2D eigenvalue weighted by atomic mass is 15.3. The van der Waals surface area contributed by atoms with E-state index in [1.165, 1.54) is 55.6 Å². The number of hydrogen-bond donors (Lipinski definition) is 0. The molecular weight excluding hydrogens is 871 g/mol. The largest absolute Gasteiger partial charge is 0.306 e. The summed E-state index contributed by atoms with van der Waals surface area (Å²) in [4.78, 5) is 2.63. The molecule has 0 N–H and O–H groups in total. The maximum absolute atomic E-state index is 5.85. The Hall–Kier alpha value is -9.05. The van der Waals surface area contributed by atoms with Crippen LogP contribution in [0.5, 0.6) is 0 Å². The number of benzene rings is 10. The van der Waals surface area contributed by atoms with Gasteiger partial charge in [0.1, 0.15) is 5.69 Å². The molecule has 0 bridgehead atoms. The zero-order chi connectivity index (χ0) is 48.0. The average molecular weight is 920 g/mol. The summed E-state index contributed by atoms with van der Waals surface area (Å²) < 4.78 is 2.28. The first-order valence-corrected chi connectivity index (χ1v) is 25.1. The molecule has 72 heavy (non-hydrogen) atoms. The van der Waals surface area contributed by atoms with E-state index in [-0.39, 0.29) is 5.41 Å². The van der Waals surface area contributed by atoms with E-state index in [9.17, 15) is 0 Å². The smallest absolute Gasteiger partial charge is 0.101 e. The molecule has 340 valence electrons. The van der Waals surface area contributed by atoms with Crippen molar-refractivity contribution in [2.24, 2.45) is 0 Å². The van der Waals surface area contributed by atoms with Crippen LogP contribution in [-0.2, 0) is 10.8 Å². The van der Waals surface area contributed by atoms with E-state index < -0.39 is 5.41 Å². The summed E-state index contributed by atoms with van der Waals surface area (Å²) in [5.41, 5.74) is 22.4. The molecule has 0 saturated carbocycles. The second-order valence-electron chi connectivity index (χ2n) is 19.8. The van der Waals surface area contributed by atoms with Crippen molar-refractivity contribution in [3.05, 3.63) is 294 Å². The van der Waals surface area contributed by atoms with Crippen molar-refractivity contribution < 1.29 is 0 Å². The zero-order valence-corrected chi connectivity index (χ0v) is 40.2. The number of hydrogen-bond acceptors (Lipinski definition) is 2. The molecule has 0 spiro atoms. The standard InChI is InChI=1S/C69H49N3/c1-68(2)55-40-22-20-38-53(55)62-57(68)42-24-44-59(62)71(60-45-25-43-58-63(60)54-39-21-23-41-56(54)69(58,49-32-14-6-15-33-49)50-34-16-7-17-35-50)67-52-37-19-18-36-51(52)66-61(46-26-8-3-9-27-46)64(47-28-10-4-11-29-47)70-72(66)65(67)48-30-12-5-13-31-48/h3-45H,1-2H3. The monoisotopic (exact) mass is 919 g/mol. The molecule has 2 aliphatic rings. The number of anilines is 3. The van der Waals surface area contributed by atoms with Crippen LogP contribution in [0.2, 0.25) is 0 Å². The van der Waals surface area contributed by atoms with E-state index >= 15 is 0 Å². The lowest BCUT2D eigenvalue weighted by molar-refractivity contribution is 0.660. The van der Waals surface area contributed by atoms with Crippen LogP contribution in [0.15, 0.2) is 261 Å². The average Bonchev–Trinajstić information content (AvgIpc) is 4.08. The predicted octanol–water partition coefficient (Wildman–Crippen LogP) is 17.6. The van der Waals surface area contributed by atoms with Gasteiger partial charge >= 0.3 is 0 Å². The summed E-state index contributed by atoms with van der Waals surface area (Å²) in [6.07, 6.45) is 0. The third-order valence-electron chi connectivity index (χ3n) is 15.7. The Morgan fingerprint density at radius 1 is 0.361 bits per heavy atom. The van der Waals surface area contributed by atoms with Gasteiger partial charge in [-0.15, -0.1) is 0 Å². The quantitative estimate of drug-likeness (QED) is 0.151. The number of aromatic nitrogens is 2. The lowest BCUT2D eigenvalue weighted by Gasteiger charge is -2.35. The normalized spacial score (nSPS) is 13.6. The van der Waals surface area contributed by atoms with Gasteiger partial charge in [-0.05, 0) is 62.2 Å². The third-order valence-corrected chi connectivity index (χ3v) is 15.7. The van der Waals surface area contributed by atoms with E-state index in [1.807, 2.05) is 0 Å². The molecule has 12 aromatic rings. The van der Waals surface area contributed by atoms with Gasteiger partial charge in [0.25, 0.3) is 0 Å². The summed E-state index contributed by atoms with van der Waals surface area (Å²) in [5, 5.41) is 8.10. The first kappa shape index (κ1) is 41.9. The number of nitrogens with zero attached hydrogens (tertiary/aromatic N) is 3. The molecule has 0 unspecified atom stereocenters. The van der Waals surface area contributed by atoms with Crippen molar-refractivity contribution in [3.63, 3.8) is 0 Å². The maximum Gasteiger partial charge on any atom is 0.101 e. The number of fused-ring (bicyclic) bond motifs is 9. The van der Waals surface area contributed by atoms with E-state index in [4.69, 9.17) is 5.10 Å². The molecular formula is C69H49N3. The second kappa shape index (κ2) is 16.3. The molecule has 3 heteroatoms. The Labute approximate surface area is 420 Å². The lowest BCUT2D eigenvalue weighted by atomic mass is 9.68. The fourth-order valence-electron chi connectivity index (χ4n) is 12.7. The second-order valence-corrected chi connectivity index (χ2v) is 19.8. The summed E-state index contributed by atoms with van der Waals surface area (Å²) in [6, 6.07) is 96.0. The van der Waals surface area contributed by atoms with E-state index in [1.54, 1.807) is 0 Å². The van der Waals surface area contributed by atoms with E-state index in [0.29, 0.717) is 0 Å². The van der Waals surface area contributed by atoms with Crippen molar-refractivity contribution in [1.29, 1.82) is 0 Å². The van der Waals surface area contributed by atoms with Gasteiger partial charge in [0.2, 0.25) is 0 Å². The lowest BCUT2D eigenvalue weighted by Crippen LogP contribution is -2.28. The molecule has 3 nitrogen and oxygen atoms in total. The molecule has 0 atom stereocenters. The Balaban J connectivity index is 1.20.